The van der Waals surface area contributed by atoms with Gasteiger partial charge >= 0.3 is 6.09 Å². The minimum Gasteiger partial charge on any atom is -0.444 e. The number of piperazine rings is 1. The molecular formula is C18H31N5O2. The zero-order valence-electron chi connectivity index (χ0n) is 16.3. The lowest BCUT2D eigenvalue weighted by Crippen LogP contribution is -2.50. The summed E-state index contributed by atoms with van der Waals surface area (Å²) < 4.78 is 5.43. The summed E-state index contributed by atoms with van der Waals surface area (Å²) in [5.41, 5.74) is -0.299. The molecule has 1 aromatic heterocycles. The molecule has 0 saturated carbocycles. The maximum Gasteiger partial charge on any atom is 0.410 e. The molecule has 1 aliphatic rings. The van der Waals surface area contributed by atoms with Crippen molar-refractivity contribution in [3.63, 3.8) is 0 Å². The number of nitrogens with zero attached hydrogens (tertiary/aromatic N) is 4. The van der Waals surface area contributed by atoms with Crippen molar-refractivity contribution in [1.29, 1.82) is 0 Å². The van der Waals surface area contributed by atoms with E-state index in [4.69, 9.17) is 4.74 Å². The average Bonchev–Trinajstić information content (AvgIpc) is 2.51. The second-order valence-electron chi connectivity index (χ2n) is 8.61. The van der Waals surface area contributed by atoms with E-state index < -0.39 is 5.60 Å². The molecule has 2 rings (SSSR count). The highest BCUT2D eigenvalue weighted by Gasteiger charge is 2.26. The summed E-state index contributed by atoms with van der Waals surface area (Å²) in [5, 5.41) is 3.28. The van der Waals surface area contributed by atoms with Crippen molar-refractivity contribution in [2.24, 2.45) is 5.41 Å². The number of anilines is 2. The molecule has 1 amide bonds. The Hall–Kier alpha value is -2.05. The van der Waals surface area contributed by atoms with Crippen molar-refractivity contribution < 1.29 is 9.53 Å². The fourth-order valence-electron chi connectivity index (χ4n) is 2.40. The largest absolute Gasteiger partial charge is 0.444 e. The fourth-order valence-corrected chi connectivity index (χ4v) is 2.40. The van der Waals surface area contributed by atoms with Crippen LogP contribution in [0.3, 0.4) is 0 Å². The molecule has 1 aromatic rings. The Bertz CT molecular complexity index is 584. The number of amides is 1. The van der Waals surface area contributed by atoms with Crippen molar-refractivity contribution in [3.05, 3.63) is 12.3 Å². The van der Waals surface area contributed by atoms with Crippen molar-refractivity contribution in [1.82, 2.24) is 14.9 Å². The first kappa shape index (κ1) is 19.3. The van der Waals surface area contributed by atoms with Gasteiger partial charge in [0.1, 0.15) is 11.4 Å². The molecule has 7 heteroatoms. The standard InChI is InChI=1S/C18H31N5O2/c1-17(2,3)13-20-15-19-8-7-14(21-15)22-9-11-23(12-10-22)16(24)25-18(4,5)6/h7-8H,9-13H2,1-6H3,(H,19,20,21). The van der Waals surface area contributed by atoms with E-state index in [0.717, 1.165) is 25.5 Å². The third-order valence-electron chi connectivity index (χ3n) is 3.67. The number of hydrogen-bond acceptors (Lipinski definition) is 6. The second kappa shape index (κ2) is 7.45. The number of carbonyl (C=O) groups excluding carboxylic acids is 1. The number of ether oxygens (including phenoxy) is 1. The fraction of sp³-hybridized carbons (Fsp3) is 0.722. The van der Waals surface area contributed by atoms with E-state index in [0.29, 0.717) is 19.0 Å². The minimum atomic E-state index is -0.464. The predicted octanol–water partition coefficient (Wildman–Crippen LogP) is 2.99. The minimum absolute atomic E-state index is 0.165. The molecule has 0 aromatic carbocycles. The van der Waals surface area contributed by atoms with Crippen molar-refractivity contribution in [2.45, 2.75) is 47.1 Å². The number of carbonyl (C=O) groups is 1. The molecule has 7 nitrogen and oxygen atoms in total. The molecule has 0 radical (unpaired) electrons. The van der Waals surface area contributed by atoms with Crippen molar-refractivity contribution in [3.8, 4) is 0 Å². The number of nitrogens with one attached hydrogen (secondary N) is 1. The predicted molar refractivity (Wildman–Crippen MR) is 100.0 cm³/mol. The van der Waals surface area contributed by atoms with E-state index in [1.54, 1.807) is 11.1 Å². The maximum atomic E-state index is 12.1. The number of hydrogen-bond donors (Lipinski definition) is 1. The summed E-state index contributed by atoms with van der Waals surface area (Å²) in [7, 11) is 0. The first-order valence-electron chi connectivity index (χ1n) is 8.83. The third-order valence-corrected chi connectivity index (χ3v) is 3.67. The van der Waals surface area contributed by atoms with Crippen LogP contribution >= 0.6 is 0 Å². The third kappa shape index (κ3) is 6.40. The van der Waals surface area contributed by atoms with Crippen LogP contribution in [0.4, 0.5) is 16.6 Å². The number of rotatable bonds is 3. The Morgan fingerprint density at radius 2 is 1.80 bits per heavy atom. The second-order valence-corrected chi connectivity index (χ2v) is 8.61. The van der Waals surface area contributed by atoms with E-state index in [9.17, 15) is 4.79 Å². The van der Waals surface area contributed by atoms with Gasteiger partial charge in [-0.3, -0.25) is 0 Å². The summed E-state index contributed by atoms with van der Waals surface area (Å²) in [4.78, 5) is 24.9. The monoisotopic (exact) mass is 349 g/mol. The van der Waals surface area contributed by atoms with Gasteiger partial charge in [-0.15, -0.1) is 0 Å². The molecule has 0 unspecified atom stereocenters. The van der Waals surface area contributed by atoms with Gasteiger partial charge in [0, 0.05) is 38.9 Å². The zero-order valence-corrected chi connectivity index (χ0v) is 16.3. The van der Waals surface area contributed by atoms with Crippen molar-refractivity contribution in [2.75, 3.05) is 42.9 Å². The summed E-state index contributed by atoms with van der Waals surface area (Å²) in [6.07, 6.45) is 1.52. The molecule has 25 heavy (non-hydrogen) atoms. The normalized spacial score (nSPS) is 15.9. The van der Waals surface area contributed by atoms with E-state index >= 15 is 0 Å². The highest BCUT2D eigenvalue weighted by Crippen LogP contribution is 2.18. The molecule has 0 bridgehead atoms. The Balaban J connectivity index is 1.91. The van der Waals surface area contributed by atoms with Gasteiger partial charge in [0.25, 0.3) is 0 Å². The SMILES string of the molecule is CC(C)(C)CNc1nccc(N2CCN(C(=O)OC(C)(C)C)CC2)n1. The molecule has 0 aliphatic carbocycles. The smallest absolute Gasteiger partial charge is 0.410 e. The Labute approximate surface area is 150 Å². The molecular weight excluding hydrogens is 318 g/mol. The van der Waals surface area contributed by atoms with Crippen LogP contribution < -0.4 is 10.2 Å². The number of aromatic nitrogens is 2. The average molecular weight is 349 g/mol. The van der Waals surface area contributed by atoms with E-state index in [2.05, 4.69) is 41.0 Å². The van der Waals surface area contributed by atoms with Crippen LogP contribution in [0, 0.1) is 5.41 Å². The van der Waals surface area contributed by atoms with Gasteiger partial charge in [-0.05, 0) is 32.3 Å². The van der Waals surface area contributed by atoms with Crippen molar-refractivity contribution >= 4 is 17.9 Å². The molecule has 0 spiro atoms. The van der Waals surface area contributed by atoms with Crippen LogP contribution in [0.2, 0.25) is 0 Å². The molecule has 1 aliphatic heterocycles. The molecule has 0 atom stereocenters. The summed E-state index contributed by atoms with van der Waals surface area (Å²) in [5.74, 6) is 1.53. The van der Waals surface area contributed by atoms with Crippen LogP contribution in [0.25, 0.3) is 0 Å². The first-order chi connectivity index (χ1) is 11.5. The van der Waals surface area contributed by atoms with Crippen LogP contribution in [0.1, 0.15) is 41.5 Å². The quantitative estimate of drug-likeness (QED) is 0.904. The molecule has 1 fully saturated rings. The summed E-state index contributed by atoms with van der Waals surface area (Å²) in [6.45, 7) is 15.7. The Kier molecular flexibility index (Phi) is 5.75. The van der Waals surface area contributed by atoms with Crippen LogP contribution in [0.5, 0.6) is 0 Å². The van der Waals surface area contributed by atoms with Gasteiger partial charge in [0.15, 0.2) is 0 Å². The van der Waals surface area contributed by atoms with Gasteiger partial charge in [-0.2, -0.15) is 4.98 Å². The van der Waals surface area contributed by atoms with Gasteiger partial charge in [-0.25, -0.2) is 9.78 Å². The topological polar surface area (TPSA) is 70.6 Å². The highest BCUT2D eigenvalue weighted by molar-refractivity contribution is 5.68. The Morgan fingerprint density at radius 1 is 1.16 bits per heavy atom. The van der Waals surface area contributed by atoms with Gasteiger partial charge in [-0.1, -0.05) is 20.8 Å². The lowest BCUT2D eigenvalue weighted by molar-refractivity contribution is 0.0240. The van der Waals surface area contributed by atoms with Gasteiger partial charge < -0.3 is 19.9 Å². The van der Waals surface area contributed by atoms with Gasteiger partial charge in [0.2, 0.25) is 5.95 Å². The molecule has 1 saturated heterocycles. The molecule has 2 heterocycles. The van der Waals surface area contributed by atoms with Crippen LogP contribution in [-0.2, 0) is 4.74 Å². The zero-order chi connectivity index (χ0) is 18.7. The molecule has 1 N–H and O–H groups in total. The Morgan fingerprint density at radius 3 is 2.36 bits per heavy atom. The molecule has 140 valence electrons. The van der Waals surface area contributed by atoms with Crippen LogP contribution in [0.15, 0.2) is 12.3 Å². The first-order valence-corrected chi connectivity index (χ1v) is 8.83. The van der Waals surface area contributed by atoms with E-state index in [-0.39, 0.29) is 11.5 Å². The van der Waals surface area contributed by atoms with Gasteiger partial charge in [0.05, 0.1) is 0 Å². The van der Waals surface area contributed by atoms with E-state index in [1.165, 1.54) is 0 Å². The van der Waals surface area contributed by atoms with Crippen LogP contribution in [-0.4, -0.2) is 59.3 Å². The lowest BCUT2D eigenvalue weighted by atomic mass is 9.97. The lowest BCUT2D eigenvalue weighted by Gasteiger charge is -2.36. The summed E-state index contributed by atoms with van der Waals surface area (Å²) >= 11 is 0. The van der Waals surface area contributed by atoms with E-state index in [1.807, 2.05) is 26.8 Å². The highest BCUT2D eigenvalue weighted by atomic mass is 16.6. The summed E-state index contributed by atoms with van der Waals surface area (Å²) in [6, 6.07) is 1.91. The maximum absolute atomic E-state index is 12.1.